The molecule has 3 nitrogen and oxygen atoms in total. The van der Waals surface area contributed by atoms with Gasteiger partial charge in [-0.3, -0.25) is 4.90 Å². The Kier molecular flexibility index (Phi) is 5.43. The molecule has 0 unspecified atom stereocenters. The third-order valence-electron chi connectivity index (χ3n) is 3.32. The van der Waals surface area contributed by atoms with Crippen molar-refractivity contribution in [3.8, 4) is 5.75 Å². The highest BCUT2D eigenvalue weighted by atomic mass is 35.5. The molecule has 2 rings (SSSR count). The normalized spacial score (nSPS) is 16.3. The fourth-order valence-electron chi connectivity index (χ4n) is 2.29. The second-order valence-electron chi connectivity index (χ2n) is 4.76. The molecule has 0 atom stereocenters. The minimum atomic E-state index is 0.338. The van der Waals surface area contributed by atoms with Gasteiger partial charge in [-0.1, -0.05) is 30.2 Å². The number of halogens is 1. The summed E-state index contributed by atoms with van der Waals surface area (Å²) in [6.45, 7) is 3.90. The van der Waals surface area contributed by atoms with Crippen molar-refractivity contribution in [3.63, 3.8) is 0 Å². The molecule has 0 saturated carbocycles. The smallest absolute Gasteiger partial charge is 0.131 e. The third kappa shape index (κ3) is 4.34. The van der Waals surface area contributed by atoms with Gasteiger partial charge < -0.3 is 10.5 Å². The van der Waals surface area contributed by atoms with E-state index in [0.717, 1.165) is 12.1 Å². The van der Waals surface area contributed by atoms with Gasteiger partial charge in [0.15, 0.2) is 0 Å². The van der Waals surface area contributed by atoms with Crippen LogP contribution in [0.1, 0.15) is 24.8 Å². The van der Waals surface area contributed by atoms with Crippen LogP contribution in [0.3, 0.4) is 0 Å². The molecule has 0 spiro atoms. The summed E-state index contributed by atoms with van der Waals surface area (Å²) in [7, 11) is 0. The highest BCUT2D eigenvalue weighted by Crippen LogP contribution is 2.23. The van der Waals surface area contributed by atoms with E-state index in [4.69, 9.17) is 34.3 Å². The van der Waals surface area contributed by atoms with E-state index >= 15 is 0 Å². The minimum absolute atomic E-state index is 0.338. The molecule has 0 aliphatic carbocycles. The molecular weight excluding hydrogens is 280 g/mol. The van der Waals surface area contributed by atoms with Crippen LogP contribution in [0.15, 0.2) is 18.2 Å². The summed E-state index contributed by atoms with van der Waals surface area (Å²) >= 11 is 11.0. The number of nitrogens with two attached hydrogens (primary N) is 1. The Morgan fingerprint density at radius 1 is 1.32 bits per heavy atom. The fraction of sp³-hybridized carbons (Fsp3) is 0.500. The zero-order valence-corrected chi connectivity index (χ0v) is 12.5. The molecule has 1 aliphatic heterocycles. The number of likely N-dealkylation sites (tertiary alicyclic amines) is 1. The second-order valence-corrected chi connectivity index (χ2v) is 5.63. The van der Waals surface area contributed by atoms with Gasteiger partial charge in [-0.05, 0) is 44.1 Å². The Labute approximate surface area is 124 Å². The number of hydrogen-bond acceptors (Lipinski definition) is 3. The lowest BCUT2D eigenvalue weighted by molar-refractivity contribution is 0.183. The first kappa shape index (κ1) is 14.6. The van der Waals surface area contributed by atoms with Crippen molar-refractivity contribution in [3.05, 3.63) is 28.8 Å². The van der Waals surface area contributed by atoms with Crippen LogP contribution in [-0.2, 0) is 0 Å². The van der Waals surface area contributed by atoms with Gasteiger partial charge in [0, 0.05) is 11.6 Å². The molecule has 0 radical (unpaired) electrons. The molecule has 104 valence electrons. The van der Waals surface area contributed by atoms with E-state index in [1.807, 2.05) is 0 Å². The summed E-state index contributed by atoms with van der Waals surface area (Å²) in [5, 5.41) is 0.632. The molecule has 1 heterocycles. The van der Waals surface area contributed by atoms with Crippen molar-refractivity contribution < 1.29 is 4.74 Å². The Balaban J connectivity index is 1.91. The van der Waals surface area contributed by atoms with Crippen molar-refractivity contribution in [2.45, 2.75) is 19.3 Å². The summed E-state index contributed by atoms with van der Waals surface area (Å²) in [6, 6.07) is 5.35. The van der Waals surface area contributed by atoms with Gasteiger partial charge in [0.2, 0.25) is 0 Å². The van der Waals surface area contributed by atoms with Gasteiger partial charge in [0.25, 0.3) is 0 Å². The van der Waals surface area contributed by atoms with Crippen LogP contribution < -0.4 is 10.5 Å². The van der Waals surface area contributed by atoms with Gasteiger partial charge >= 0.3 is 0 Å². The molecule has 0 bridgehead atoms. The maximum atomic E-state index is 5.97. The Bertz CT molecular complexity index is 447. The van der Waals surface area contributed by atoms with Crippen molar-refractivity contribution in [1.82, 2.24) is 4.90 Å². The van der Waals surface area contributed by atoms with Crippen molar-refractivity contribution in [2.24, 2.45) is 5.73 Å². The predicted octanol–water partition coefficient (Wildman–Crippen LogP) is 2.84. The standard InChI is InChI=1S/C14H19ClN2OS/c15-11-4-5-12(14(16)19)13(10-11)18-9-8-17-6-2-1-3-7-17/h4-5,10H,1-3,6-9H2,(H2,16,19). The second kappa shape index (κ2) is 7.08. The SMILES string of the molecule is NC(=S)c1ccc(Cl)cc1OCCN1CCCCC1. The maximum absolute atomic E-state index is 5.97. The zero-order chi connectivity index (χ0) is 13.7. The van der Waals surface area contributed by atoms with E-state index in [1.54, 1.807) is 18.2 Å². The molecule has 19 heavy (non-hydrogen) atoms. The van der Waals surface area contributed by atoms with Gasteiger partial charge in [0.1, 0.15) is 17.3 Å². The van der Waals surface area contributed by atoms with Crippen LogP contribution in [0, 0.1) is 0 Å². The lowest BCUT2D eigenvalue weighted by Gasteiger charge is -2.26. The number of hydrogen-bond donors (Lipinski definition) is 1. The third-order valence-corrected chi connectivity index (χ3v) is 3.78. The first-order valence-electron chi connectivity index (χ1n) is 6.61. The highest BCUT2D eigenvalue weighted by Gasteiger charge is 2.11. The first-order chi connectivity index (χ1) is 9.16. The molecule has 5 heteroatoms. The Morgan fingerprint density at radius 2 is 2.05 bits per heavy atom. The molecular formula is C14H19ClN2OS. The molecule has 1 aromatic rings. The number of nitrogens with zero attached hydrogens (tertiary/aromatic N) is 1. The van der Waals surface area contributed by atoms with Gasteiger partial charge in [-0.25, -0.2) is 0 Å². The van der Waals surface area contributed by atoms with E-state index in [0.29, 0.717) is 22.4 Å². The van der Waals surface area contributed by atoms with Gasteiger partial charge in [-0.2, -0.15) is 0 Å². The van der Waals surface area contributed by atoms with Crippen LogP contribution >= 0.6 is 23.8 Å². The fourth-order valence-corrected chi connectivity index (χ4v) is 2.62. The van der Waals surface area contributed by atoms with E-state index < -0.39 is 0 Å². The number of benzene rings is 1. The summed E-state index contributed by atoms with van der Waals surface area (Å²) in [5.41, 5.74) is 6.43. The van der Waals surface area contributed by atoms with Crippen LogP contribution in [0.4, 0.5) is 0 Å². The molecule has 1 fully saturated rings. The number of thiocarbonyl (C=S) groups is 1. The largest absolute Gasteiger partial charge is 0.491 e. The summed E-state index contributed by atoms with van der Waals surface area (Å²) in [6.07, 6.45) is 3.92. The molecule has 0 aromatic heterocycles. The number of ether oxygens (including phenoxy) is 1. The van der Waals surface area contributed by atoms with E-state index in [2.05, 4.69) is 4.90 Å². The lowest BCUT2D eigenvalue weighted by atomic mass is 10.1. The van der Waals surface area contributed by atoms with E-state index in [-0.39, 0.29) is 0 Å². The lowest BCUT2D eigenvalue weighted by Crippen LogP contribution is -2.33. The van der Waals surface area contributed by atoms with Crippen LogP contribution in [0.25, 0.3) is 0 Å². The summed E-state index contributed by atoms with van der Waals surface area (Å²) < 4.78 is 5.79. The van der Waals surface area contributed by atoms with Crippen molar-refractivity contribution >= 4 is 28.8 Å². The van der Waals surface area contributed by atoms with Crippen molar-refractivity contribution in [1.29, 1.82) is 0 Å². The number of piperidine rings is 1. The predicted molar refractivity (Wildman–Crippen MR) is 83.1 cm³/mol. The van der Waals surface area contributed by atoms with Crippen LogP contribution in [0.2, 0.25) is 5.02 Å². The summed E-state index contributed by atoms with van der Waals surface area (Å²) in [5.74, 6) is 0.678. The maximum Gasteiger partial charge on any atom is 0.131 e. The topological polar surface area (TPSA) is 38.5 Å². The van der Waals surface area contributed by atoms with Crippen molar-refractivity contribution in [2.75, 3.05) is 26.2 Å². The van der Waals surface area contributed by atoms with E-state index in [9.17, 15) is 0 Å². The molecule has 1 saturated heterocycles. The summed E-state index contributed by atoms with van der Waals surface area (Å²) in [4.78, 5) is 2.76. The zero-order valence-electron chi connectivity index (χ0n) is 10.9. The highest BCUT2D eigenvalue weighted by molar-refractivity contribution is 7.80. The Hall–Kier alpha value is -0.840. The van der Waals surface area contributed by atoms with Crippen LogP contribution in [0.5, 0.6) is 5.75 Å². The molecule has 1 aliphatic rings. The quantitative estimate of drug-likeness (QED) is 0.849. The minimum Gasteiger partial charge on any atom is -0.491 e. The molecule has 2 N–H and O–H groups in total. The Morgan fingerprint density at radius 3 is 2.74 bits per heavy atom. The number of rotatable bonds is 5. The van der Waals surface area contributed by atoms with Crippen LogP contribution in [-0.4, -0.2) is 36.1 Å². The van der Waals surface area contributed by atoms with Gasteiger partial charge in [-0.15, -0.1) is 0 Å². The monoisotopic (exact) mass is 298 g/mol. The first-order valence-corrected chi connectivity index (χ1v) is 7.40. The average Bonchev–Trinajstić information content (AvgIpc) is 2.39. The van der Waals surface area contributed by atoms with Gasteiger partial charge in [0.05, 0.1) is 5.56 Å². The molecule has 0 amide bonds. The molecule has 1 aromatic carbocycles. The van der Waals surface area contributed by atoms with E-state index in [1.165, 1.54) is 32.4 Å². The average molecular weight is 299 g/mol.